The van der Waals surface area contributed by atoms with Gasteiger partial charge in [0.25, 0.3) is 0 Å². The van der Waals surface area contributed by atoms with Crippen molar-refractivity contribution in [1.82, 2.24) is 10.2 Å². The van der Waals surface area contributed by atoms with Gasteiger partial charge in [-0.15, -0.1) is 0 Å². The molecule has 1 aliphatic carbocycles. The molecule has 0 radical (unpaired) electrons. The number of esters is 1. The lowest BCUT2D eigenvalue weighted by Gasteiger charge is -2.41. The van der Waals surface area contributed by atoms with Gasteiger partial charge in [-0.2, -0.15) is 0 Å². The number of hydrogen-bond acceptors (Lipinski definition) is 4. The average molecular weight is 254 g/mol. The molecule has 2 rings (SSSR count). The van der Waals surface area contributed by atoms with Gasteiger partial charge in [0.15, 0.2) is 0 Å². The van der Waals surface area contributed by atoms with Crippen LogP contribution in [0.3, 0.4) is 0 Å². The van der Waals surface area contributed by atoms with E-state index in [1.165, 1.54) is 32.4 Å². The van der Waals surface area contributed by atoms with Crippen molar-refractivity contribution >= 4 is 5.97 Å². The van der Waals surface area contributed by atoms with Gasteiger partial charge in [0.05, 0.1) is 6.61 Å². The number of likely N-dealkylation sites (tertiary alicyclic amines) is 1. The summed E-state index contributed by atoms with van der Waals surface area (Å²) in [5.74, 6) is -0.0589. The van der Waals surface area contributed by atoms with Crippen LogP contribution in [0.5, 0.6) is 0 Å². The van der Waals surface area contributed by atoms with E-state index < -0.39 is 5.54 Å². The summed E-state index contributed by atoms with van der Waals surface area (Å²) in [4.78, 5) is 14.8. The fraction of sp³-hybridized carbons (Fsp3) is 0.929. The second-order valence-electron chi connectivity index (χ2n) is 5.55. The molecule has 2 unspecified atom stereocenters. The lowest BCUT2D eigenvalue weighted by molar-refractivity contribution is -0.153. The summed E-state index contributed by atoms with van der Waals surface area (Å²) in [5.41, 5.74) is -0.443. The first kappa shape index (κ1) is 13.8. The van der Waals surface area contributed by atoms with E-state index in [9.17, 15) is 4.79 Å². The topological polar surface area (TPSA) is 41.6 Å². The van der Waals surface area contributed by atoms with Gasteiger partial charge >= 0.3 is 5.97 Å². The Kier molecular flexibility index (Phi) is 4.62. The molecule has 1 heterocycles. The smallest absolute Gasteiger partial charge is 0.326 e. The lowest BCUT2D eigenvalue weighted by atomic mass is 9.78. The predicted octanol–water partition coefficient (Wildman–Crippen LogP) is 1.55. The summed E-state index contributed by atoms with van der Waals surface area (Å²) in [6.45, 7) is 4.75. The van der Waals surface area contributed by atoms with Crippen molar-refractivity contribution < 1.29 is 9.53 Å². The Balaban J connectivity index is 2.03. The Morgan fingerprint density at radius 1 is 1.39 bits per heavy atom. The monoisotopic (exact) mass is 254 g/mol. The van der Waals surface area contributed by atoms with Crippen LogP contribution in [0.15, 0.2) is 0 Å². The molecule has 4 heteroatoms. The number of nitrogens with one attached hydrogen (secondary N) is 1. The first-order valence-corrected chi connectivity index (χ1v) is 7.32. The highest BCUT2D eigenvalue weighted by atomic mass is 16.5. The normalized spacial score (nSPS) is 33.6. The van der Waals surface area contributed by atoms with Crippen molar-refractivity contribution in [2.24, 2.45) is 0 Å². The van der Waals surface area contributed by atoms with Crippen LogP contribution in [0, 0.1) is 0 Å². The molecular formula is C14H26N2O2. The second-order valence-corrected chi connectivity index (χ2v) is 5.55. The van der Waals surface area contributed by atoms with Crippen LogP contribution in [0.1, 0.15) is 45.4 Å². The highest BCUT2D eigenvalue weighted by Crippen LogP contribution is 2.33. The lowest BCUT2D eigenvalue weighted by Crippen LogP contribution is -2.57. The summed E-state index contributed by atoms with van der Waals surface area (Å²) in [6, 6.07) is 0.554. The molecular weight excluding hydrogens is 228 g/mol. The van der Waals surface area contributed by atoms with E-state index in [-0.39, 0.29) is 5.97 Å². The van der Waals surface area contributed by atoms with E-state index in [1.54, 1.807) is 0 Å². The van der Waals surface area contributed by atoms with Gasteiger partial charge in [-0.05, 0) is 65.6 Å². The van der Waals surface area contributed by atoms with E-state index in [0.717, 1.165) is 19.3 Å². The predicted molar refractivity (Wildman–Crippen MR) is 71.5 cm³/mol. The number of carbonyl (C=O) groups is 1. The van der Waals surface area contributed by atoms with Gasteiger partial charge < -0.3 is 15.0 Å². The molecule has 18 heavy (non-hydrogen) atoms. The van der Waals surface area contributed by atoms with Crippen molar-refractivity contribution in [3.05, 3.63) is 0 Å². The van der Waals surface area contributed by atoms with Crippen LogP contribution >= 0.6 is 0 Å². The van der Waals surface area contributed by atoms with Crippen molar-refractivity contribution in [3.63, 3.8) is 0 Å². The zero-order valence-corrected chi connectivity index (χ0v) is 11.7. The Morgan fingerprint density at radius 2 is 2.11 bits per heavy atom. The molecule has 104 valence electrons. The number of nitrogens with zero attached hydrogens (tertiary/aromatic N) is 1. The molecule has 2 fully saturated rings. The molecule has 1 aliphatic heterocycles. The third-order valence-corrected chi connectivity index (χ3v) is 4.53. The van der Waals surface area contributed by atoms with Gasteiger partial charge in [0, 0.05) is 6.04 Å². The quantitative estimate of drug-likeness (QED) is 0.773. The van der Waals surface area contributed by atoms with Crippen LogP contribution in [0.25, 0.3) is 0 Å². The van der Waals surface area contributed by atoms with Crippen LogP contribution in [-0.4, -0.2) is 49.2 Å². The molecule has 1 N–H and O–H groups in total. The molecule has 0 aromatic carbocycles. The Labute approximate surface area is 110 Å². The van der Waals surface area contributed by atoms with E-state index in [2.05, 4.69) is 10.2 Å². The van der Waals surface area contributed by atoms with Gasteiger partial charge in [-0.25, -0.2) is 0 Å². The number of carbonyl (C=O) groups excluding carboxylic acids is 1. The van der Waals surface area contributed by atoms with Crippen LogP contribution in [-0.2, 0) is 9.53 Å². The number of ether oxygens (including phenoxy) is 1. The Hall–Kier alpha value is -0.610. The highest BCUT2D eigenvalue weighted by Gasteiger charge is 2.44. The van der Waals surface area contributed by atoms with Crippen LogP contribution in [0.4, 0.5) is 0 Å². The maximum absolute atomic E-state index is 12.2. The van der Waals surface area contributed by atoms with Crippen molar-refractivity contribution in [1.29, 1.82) is 0 Å². The first-order chi connectivity index (χ1) is 8.72. The van der Waals surface area contributed by atoms with E-state index >= 15 is 0 Å². The third kappa shape index (κ3) is 2.69. The van der Waals surface area contributed by atoms with Crippen molar-refractivity contribution in [2.45, 2.75) is 57.0 Å². The molecule has 0 amide bonds. The van der Waals surface area contributed by atoms with E-state index in [0.29, 0.717) is 12.6 Å². The number of hydrogen-bond donors (Lipinski definition) is 1. The maximum Gasteiger partial charge on any atom is 0.326 e. The van der Waals surface area contributed by atoms with Crippen LogP contribution in [0.2, 0.25) is 0 Å². The SMILES string of the molecule is CCOC(=O)C1(NC)CCCC(N2CCCC2)C1. The molecule has 2 aliphatic rings. The molecule has 1 saturated carbocycles. The van der Waals surface area contributed by atoms with Gasteiger partial charge in [0.1, 0.15) is 5.54 Å². The number of rotatable bonds is 4. The minimum Gasteiger partial charge on any atom is -0.465 e. The third-order valence-electron chi connectivity index (χ3n) is 4.53. The molecule has 2 atom stereocenters. The fourth-order valence-corrected chi connectivity index (χ4v) is 3.45. The molecule has 1 saturated heterocycles. The van der Waals surface area contributed by atoms with Crippen LogP contribution < -0.4 is 5.32 Å². The molecule has 0 bridgehead atoms. The zero-order valence-electron chi connectivity index (χ0n) is 11.7. The molecule has 0 spiro atoms. The summed E-state index contributed by atoms with van der Waals surface area (Å²) in [7, 11) is 1.89. The number of likely N-dealkylation sites (N-methyl/N-ethyl adjacent to an activating group) is 1. The Morgan fingerprint density at radius 3 is 2.72 bits per heavy atom. The van der Waals surface area contributed by atoms with Crippen molar-refractivity contribution in [2.75, 3.05) is 26.7 Å². The Bertz CT molecular complexity index is 290. The van der Waals surface area contributed by atoms with Crippen molar-refractivity contribution in [3.8, 4) is 0 Å². The van der Waals surface area contributed by atoms with Gasteiger partial charge in [0.2, 0.25) is 0 Å². The minimum absolute atomic E-state index is 0.0589. The molecule has 0 aromatic rings. The van der Waals surface area contributed by atoms with Gasteiger partial charge in [-0.1, -0.05) is 0 Å². The van der Waals surface area contributed by atoms with E-state index in [1.807, 2.05) is 14.0 Å². The zero-order chi connectivity index (χ0) is 13.0. The summed E-state index contributed by atoms with van der Waals surface area (Å²) >= 11 is 0. The fourth-order valence-electron chi connectivity index (χ4n) is 3.45. The largest absolute Gasteiger partial charge is 0.465 e. The second kappa shape index (κ2) is 6.02. The standard InChI is InChI=1S/C14H26N2O2/c1-3-18-13(17)14(15-2)8-6-7-12(11-14)16-9-4-5-10-16/h12,15H,3-11H2,1-2H3. The maximum atomic E-state index is 12.2. The molecule has 4 nitrogen and oxygen atoms in total. The highest BCUT2D eigenvalue weighted by molar-refractivity contribution is 5.81. The summed E-state index contributed by atoms with van der Waals surface area (Å²) < 4.78 is 5.27. The minimum atomic E-state index is -0.443. The first-order valence-electron chi connectivity index (χ1n) is 7.32. The summed E-state index contributed by atoms with van der Waals surface area (Å²) in [6.07, 6.45) is 6.77. The average Bonchev–Trinajstić information content (AvgIpc) is 2.93. The van der Waals surface area contributed by atoms with Gasteiger partial charge in [-0.3, -0.25) is 4.79 Å². The van der Waals surface area contributed by atoms with E-state index in [4.69, 9.17) is 4.74 Å². The summed E-state index contributed by atoms with van der Waals surface area (Å²) in [5, 5.41) is 3.25. The molecule has 0 aromatic heterocycles.